The summed E-state index contributed by atoms with van der Waals surface area (Å²) in [6.07, 6.45) is 6.62. The maximum absolute atomic E-state index is 11.6. The van der Waals surface area contributed by atoms with E-state index in [1.54, 1.807) is 24.4 Å². The minimum Gasteiger partial charge on any atom is -0.545 e. The molecule has 6 nitrogen and oxygen atoms in total. The number of unbranched alkanes of at least 4 members (excludes halogenated alkanes) is 1. The zero-order valence-corrected chi connectivity index (χ0v) is 17.9. The molecule has 0 saturated carbocycles. The van der Waals surface area contributed by atoms with Crippen molar-refractivity contribution in [3.05, 3.63) is 83.6 Å². The van der Waals surface area contributed by atoms with E-state index in [4.69, 9.17) is 0 Å². The molecular formula is C24H24LiN3O3. The first-order chi connectivity index (χ1) is 14.6. The van der Waals surface area contributed by atoms with Gasteiger partial charge in [0.05, 0.1) is 35.7 Å². The second-order valence-corrected chi connectivity index (χ2v) is 7.35. The summed E-state index contributed by atoms with van der Waals surface area (Å²) in [4.78, 5) is 16.1. The van der Waals surface area contributed by atoms with E-state index < -0.39 is 5.97 Å². The topological polar surface area (TPSA) is 83.1 Å². The summed E-state index contributed by atoms with van der Waals surface area (Å²) in [6, 6.07) is 14.8. The van der Waals surface area contributed by atoms with Crippen molar-refractivity contribution in [1.82, 2.24) is 14.1 Å². The Morgan fingerprint density at radius 3 is 2.68 bits per heavy atom. The number of carboxylic acids is 1. The Balaban J connectivity index is 0.00000272. The Morgan fingerprint density at radius 2 is 1.94 bits per heavy atom. The summed E-state index contributed by atoms with van der Waals surface area (Å²) in [5.41, 5.74) is 3.52. The van der Waals surface area contributed by atoms with E-state index >= 15 is 0 Å². The van der Waals surface area contributed by atoms with Gasteiger partial charge in [0.2, 0.25) is 0 Å². The van der Waals surface area contributed by atoms with E-state index in [1.807, 2.05) is 35.0 Å². The quantitative estimate of drug-likeness (QED) is 0.418. The van der Waals surface area contributed by atoms with E-state index in [-0.39, 0.29) is 31.0 Å². The summed E-state index contributed by atoms with van der Waals surface area (Å²) in [5.74, 6) is -0.227. The van der Waals surface area contributed by atoms with Crippen LogP contribution in [0.1, 0.15) is 47.2 Å². The van der Waals surface area contributed by atoms with Gasteiger partial charge in [0.25, 0.3) is 0 Å². The average molecular weight is 409 g/mol. The predicted molar refractivity (Wildman–Crippen MR) is 113 cm³/mol. The van der Waals surface area contributed by atoms with Gasteiger partial charge in [0, 0.05) is 30.1 Å². The monoisotopic (exact) mass is 409 g/mol. The molecule has 7 heteroatoms. The van der Waals surface area contributed by atoms with Crippen LogP contribution in [0.3, 0.4) is 0 Å². The van der Waals surface area contributed by atoms with E-state index in [9.17, 15) is 15.0 Å². The molecule has 0 unspecified atom stereocenters. The van der Waals surface area contributed by atoms with Crippen LogP contribution in [0.25, 0.3) is 16.6 Å². The zero-order chi connectivity index (χ0) is 21.1. The standard InChI is InChI=1S/C24H25N3O3.Li/c1-2-3-11-23-25-14-18(16-28)27(23)15-17-7-6-10-21-19(17)12-13-26(21)22-9-5-4-8-20(22)24(29)30;/h4-10,12-14,28H,2-3,11,15-16H2,1H3,(H,29,30);/q;+1/p-1. The molecule has 0 saturated heterocycles. The van der Waals surface area contributed by atoms with E-state index in [1.165, 1.54) is 0 Å². The number of hydrogen-bond acceptors (Lipinski definition) is 4. The third-order valence-corrected chi connectivity index (χ3v) is 5.47. The summed E-state index contributed by atoms with van der Waals surface area (Å²) in [6.45, 7) is 2.68. The Hall–Kier alpha value is -2.78. The van der Waals surface area contributed by atoms with Crippen LogP contribution in [0.15, 0.2) is 60.9 Å². The molecule has 0 bridgehead atoms. The van der Waals surface area contributed by atoms with Gasteiger partial charge in [-0.1, -0.05) is 43.7 Å². The van der Waals surface area contributed by atoms with Crippen molar-refractivity contribution in [2.45, 2.75) is 39.3 Å². The largest absolute Gasteiger partial charge is 1.00 e. The number of aryl methyl sites for hydroxylation is 1. The fraction of sp³-hybridized carbons (Fsp3) is 0.250. The number of benzene rings is 2. The number of para-hydroxylation sites is 1. The van der Waals surface area contributed by atoms with Gasteiger partial charge in [0.1, 0.15) is 5.82 Å². The van der Waals surface area contributed by atoms with Gasteiger partial charge in [-0.25, -0.2) is 4.98 Å². The Morgan fingerprint density at radius 1 is 1.13 bits per heavy atom. The molecule has 154 valence electrons. The van der Waals surface area contributed by atoms with Crippen molar-refractivity contribution in [2.75, 3.05) is 0 Å². The van der Waals surface area contributed by atoms with Gasteiger partial charge in [-0.2, -0.15) is 0 Å². The van der Waals surface area contributed by atoms with Gasteiger partial charge in [-0.05, 0) is 30.2 Å². The minimum absolute atomic E-state index is 0. The molecule has 0 aliphatic rings. The molecule has 2 heterocycles. The van der Waals surface area contributed by atoms with Gasteiger partial charge >= 0.3 is 18.9 Å². The molecule has 1 N–H and O–H groups in total. The van der Waals surface area contributed by atoms with Gasteiger partial charge in [0.15, 0.2) is 0 Å². The molecule has 0 fully saturated rings. The predicted octanol–water partition coefficient (Wildman–Crippen LogP) is 0.0777. The van der Waals surface area contributed by atoms with Crippen molar-refractivity contribution in [3.63, 3.8) is 0 Å². The van der Waals surface area contributed by atoms with Crippen molar-refractivity contribution in [3.8, 4) is 5.69 Å². The van der Waals surface area contributed by atoms with E-state index in [2.05, 4.69) is 22.5 Å². The van der Waals surface area contributed by atoms with Crippen LogP contribution >= 0.6 is 0 Å². The third-order valence-electron chi connectivity index (χ3n) is 5.47. The number of aromatic carboxylic acids is 1. The Bertz CT molecular complexity index is 1200. The van der Waals surface area contributed by atoms with Crippen LogP contribution in [0, 0.1) is 0 Å². The molecule has 0 aliphatic heterocycles. The maximum Gasteiger partial charge on any atom is 1.00 e. The molecule has 2 aromatic carbocycles. The summed E-state index contributed by atoms with van der Waals surface area (Å²) in [5, 5.41) is 22.4. The second kappa shape index (κ2) is 10.0. The van der Waals surface area contributed by atoms with Crippen LogP contribution in [0.4, 0.5) is 0 Å². The number of rotatable bonds is 8. The van der Waals surface area contributed by atoms with Crippen LogP contribution < -0.4 is 24.0 Å². The molecule has 2 aromatic heterocycles. The first kappa shape index (κ1) is 22.9. The fourth-order valence-electron chi connectivity index (χ4n) is 3.91. The molecule has 0 spiro atoms. The van der Waals surface area contributed by atoms with Crippen molar-refractivity contribution < 1.29 is 33.9 Å². The molecule has 4 aromatic rings. The fourth-order valence-corrected chi connectivity index (χ4v) is 3.91. The number of aromatic nitrogens is 3. The zero-order valence-electron chi connectivity index (χ0n) is 17.9. The number of aliphatic hydroxyl groups excluding tert-OH is 1. The number of aliphatic hydroxyl groups is 1. The number of carbonyl (C=O) groups is 1. The minimum atomic E-state index is -1.20. The first-order valence-corrected chi connectivity index (χ1v) is 10.2. The SMILES string of the molecule is CCCCc1ncc(CO)n1Cc1cccc2c1ccn2-c1ccccc1C(=O)[O-].[Li+]. The molecule has 0 aliphatic carbocycles. The van der Waals surface area contributed by atoms with Crippen LogP contribution in [-0.4, -0.2) is 25.2 Å². The molecule has 0 radical (unpaired) electrons. The Kier molecular flexibility index (Phi) is 7.40. The summed E-state index contributed by atoms with van der Waals surface area (Å²) >= 11 is 0. The summed E-state index contributed by atoms with van der Waals surface area (Å²) in [7, 11) is 0. The third kappa shape index (κ3) is 4.47. The van der Waals surface area contributed by atoms with Crippen LogP contribution in [0.5, 0.6) is 0 Å². The smallest absolute Gasteiger partial charge is 0.545 e. The van der Waals surface area contributed by atoms with Gasteiger partial charge < -0.3 is 24.1 Å². The van der Waals surface area contributed by atoms with E-state index in [0.717, 1.165) is 47.2 Å². The number of hydrogen-bond donors (Lipinski definition) is 1. The second-order valence-electron chi connectivity index (χ2n) is 7.35. The molecule has 0 atom stereocenters. The molecule has 31 heavy (non-hydrogen) atoms. The molecule has 0 amide bonds. The summed E-state index contributed by atoms with van der Waals surface area (Å²) < 4.78 is 3.96. The Labute approximate surface area is 193 Å². The average Bonchev–Trinajstić information content (AvgIpc) is 3.36. The molecular weight excluding hydrogens is 385 g/mol. The van der Waals surface area contributed by atoms with Gasteiger partial charge in [-0.15, -0.1) is 0 Å². The van der Waals surface area contributed by atoms with Crippen LogP contribution in [-0.2, 0) is 19.6 Å². The first-order valence-electron chi connectivity index (χ1n) is 10.2. The van der Waals surface area contributed by atoms with E-state index in [0.29, 0.717) is 12.2 Å². The number of carboxylic acid groups (broad SMARTS) is 1. The normalized spacial score (nSPS) is 10.9. The van der Waals surface area contributed by atoms with Crippen molar-refractivity contribution in [2.24, 2.45) is 0 Å². The maximum atomic E-state index is 11.6. The van der Waals surface area contributed by atoms with Gasteiger partial charge in [-0.3, -0.25) is 0 Å². The number of nitrogens with zero attached hydrogens (tertiary/aromatic N) is 3. The number of imidazole rings is 1. The molecule has 4 rings (SSSR count). The number of carbonyl (C=O) groups excluding carboxylic acids is 1. The number of fused-ring (bicyclic) bond motifs is 1. The van der Waals surface area contributed by atoms with Crippen LogP contribution in [0.2, 0.25) is 0 Å². The van der Waals surface area contributed by atoms with Crippen molar-refractivity contribution in [1.29, 1.82) is 0 Å². The van der Waals surface area contributed by atoms with Crippen molar-refractivity contribution >= 4 is 16.9 Å².